The number of rotatable bonds is 2. The van der Waals surface area contributed by atoms with Crippen LogP contribution in [0.3, 0.4) is 0 Å². The average molecular weight is 239 g/mol. The summed E-state index contributed by atoms with van der Waals surface area (Å²) in [6, 6.07) is 0. The van der Waals surface area contributed by atoms with Crippen LogP contribution in [0.5, 0.6) is 0 Å². The minimum atomic E-state index is -1.21. The lowest BCUT2D eigenvalue weighted by Gasteiger charge is -2.34. The zero-order chi connectivity index (χ0) is 12.6. The van der Waals surface area contributed by atoms with E-state index in [2.05, 4.69) is 9.89 Å². The molecular weight excluding hydrogens is 226 g/mol. The van der Waals surface area contributed by atoms with E-state index in [0.717, 1.165) is 5.56 Å². The molecule has 2 atom stereocenters. The first-order valence-electron chi connectivity index (χ1n) is 5.22. The number of carboxylic acids is 1. The monoisotopic (exact) mass is 239 g/mol. The molecule has 0 amide bonds. The van der Waals surface area contributed by atoms with Crippen molar-refractivity contribution in [2.24, 2.45) is 11.3 Å². The third-order valence-corrected chi connectivity index (χ3v) is 3.42. The maximum Gasteiger partial charge on any atom is 0.310 e. The van der Waals surface area contributed by atoms with E-state index in [0.29, 0.717) is 5.76 Å². The van der Waals surface area contributed by atoms with Crippen LogP contribution in [-0.2, 0) is 27.2 Å². The number of hydrogen-bond acceptors (Lipinski definition) is 5. The molecule has 92 valence electrons. The maximum atomic E-state index is 11.7. The minimum Gasteiger partial charge on any atom is -0.481 e. The van der Waals surface area contributed by atoms with Crippen molar-refractivity contribution in [1.82, 2.24) is 5.16 Å². The molecule has 0 fully saturated rings. The molecule has 6 heteroatoms. The van der Waals surface area contributed by atoms with Crippen molar-refractivity contribution in [1.29, 1.82) is 0 Å². The van der Waals surface area contributed by atoms with Crippen molar-refractivity contribution in [3.63, 3.8) is 0 Å². The van der Waals surface area contributed by atoms with Crippen molar-refractivity contribution < 1.29 is 24.0 Å². The lowest BCUT2D eigenvalue weighted by atomic mass is 9.67. The second kappa shape index (κ2) is 3.87. The number of ether oxygens (including phenoxy) is 1. The number of methoxy groups -OCH3 is 1. The molecule has 2 rings (SSSR count). The summed E-state index contributed by atoms with van der Waals surface area (Å²) in [5, 5.41) is 12.9. The highest BCUT2D eigenvalue weighted by Crippen LogP contribution is 2.40. The Morgan fingerprint density at radius 3 is 2.94 bits per heavy atom. The molecule has 1 aromatic heterocycles. The molecule has 1 aliphatic carbocycles. The Labute approximate surface area is 97.5 Å². The van der Waals surface area contributed by atoms with Crippen LogP contribution in [0.2, 0.25) is 0 Å². The van der Waals surface area contributed by atoms with Gasteiger partial charge in [0.2, 0.25) is 0 Å². The Bertz CT molecular complexity index is 466. The van der Waals surface area contributed by atoms with Crippen LogP contribution in [-0.4, -0.2) is 29.3 Å². The Balaban J connectivity index is 2.43. The maximum absolute atomic E-state index is 11.7. The summed E-state index contributed by atoms with van der Waals surface area (Å²) >= 11 is 0. The molecule has 1 heterocycles. The van der Waals surface area contributed by atoms with Crippen LogP contribution in [0.25, 0.3) is 0 Å². The van der Waals surface area contributed by atoms with E-state index in [-0.39, 0.29) is 12.8 Å². The number of nitrogens with zero attached hydrogens (tertiary/aromatic N) is 1. The lowest BCUT2D eigenvalue weighted by molar-refractivity contribution is -0.164. The lowest BCUT2D eigenvalue weighted by Crippen LogP contribution is -2.46. The van der Waals surface area contributed by atoms with Gasteiger partial charge in [0, 0.05) is 12.0 Å². The van der Waals surface area contributed by atoms with Crippen molar-refractivity contribution in [2.45, 2.75) is 19.8 Å². The second-order valence-electron chi connectivity index (χ2n) is 4.45. The molecule has 0 radical (unpaired) electrons. The number of hydrogen-bond donors (Lipinski definition) is 1. The number of aliphatic carboxylic acids is 1. The van der Waals surface area contributed by atoms with E-state index < -0.39 is 23.3 Å². The zero-order valence-electron chi connectivity index (χ0n) is 9.60. The number of aromatic nitrogens is 1. The Morgan fingerprint density at radius 1 is 1.65 bits per heavy atom. The SMILES string of the molecule is COC(=O)[C@@H]1Cc2cnoc2C[C@@]1(C)C(=O)O. The van der Waals surface area contributed by atoms with Crippen LogP contribution in [0, 0.1) is 11.3 Å². The summed E-state index contributed by atoms with van der Waals surface area (Å²) in [7, 11) is 1.26. The van der Waals surface area contributed by atoms with Gasteiger partial charge in [0.25, 0.3) is 0 Å². The molecule has 0 aromatic carbocycles. The molecule has 17 heavy (non-hydrogen) atoms. The minimum absolute atomic E-state index is 0.150. The summed E-state index contributed by atoms with van der Waals surface area (Å²) in [6.45, 7) is 1.53. The zero-order valence-corrected chi connectivity index (χ0v) is 9.60. The fourth-order valence-electron chi connectivity index (χ4n) is 2.21. The number of carboxylic acid groups (broad SMARTS) is 1. The van der Waals surface area contributed by atoms with Crippen molar-refractivity contribution in [3.05, 3.63) is 17.5 Å². The molecule has 0 spiro atoms. The molecule has 0 saturated carbocycles. The van der Waals surface area contributed by atoms with Crippen molar-refractivity contribution in [3.8, 4) is 0 Å². The molecule has 0 bridgehead atoms. The van der Waals surface area contributed by atoms with Crippen molar-refractivity contribution >= 4 is 11.9 Å². The van der Waals surface area contributed by atoms with Gasteiger partial charge >= 0.3 is 11.9 Å². The second-order valence-corrected chi connectivity index (χ2v) is 4.45. The normalized spacial score (nSPS) is 27.3. The van der Waals surface area contributed by atoms with Gasteiger partial charge in [0.15, 0.2) is 0 Å². The van der Waals surface area contributed by atoms with Gasteiger partial charge in [-0.2, -0.15) is 0 Å². The predicted molar refractivity (Wildman–Crippen MR) is 55.2 cm³/mol. The summed E-state index contributed by atoms with van der Waals surface area (Å²) in [4.78, 5) is 23.1. The fraction of sp³-hybridized carbons (Fsp3) is 0.545. The molecular formula is C11H13NO5. The highest BCUT2D eigenvalue weighted by Gasteiger charge is 2.50. The quantitative estimate of drug-likeness (QED) is 0.762. The van der Waals surface area contributed by atoms with Gasteiger partial charge in [-0.25, -0.2) is 0 Å². The Kier molecular flexibility index (Phi) is 2.65. The topological polar surface area (TPSA) is 89.6 Å². The number of carbonyl (C=O) groups excluding carboxylic acids is 1. The Hall–Kier alpha value is -1.85. The van der Waals surface area contributed by atoms with Crippen LogP contribution < -0.4 is 0 Å². The first kappa shape index (κ1) is 11.6. The van der Waals surface area contributed by atoms with E-state index in [1.807, 2.05) is 0 Å². The summed E-state index contributed by atoms with van der Waals surface area (Å²) in [5.74, 6) is -1.72. The van der Waals surface area contributed by atoms with Gasteiger partial charge < -0.3 is 14.4 Å². The van der Waals surface area contributed by atoms with Gasteiger partial charge in [-0.05, 0) is 13.3 Å². The van der Waals surface area contributed by atoms with E-state index in [4.69, 9.17) is 4.52 Å². The largest absolute Gasteiger partial charge is 0.481 e. The number of carbonyl (C=O) groups is 2. The number of esters is 1. The predicted octanol–water partition coefficient (Wildman–Crippen LogP) is 0.653. The Morgan fingerprint density at radius 2 is 2.35 bits per heavy atom. The average Bonchev–Trinajstić information content (AvgIpc) is 2.73. The fourth-order valence-corrected chi connectivity index (χ4v) is 2.21. The number of fused-ring (bicyclic) bond motifs is 1. The van der Waals surface area contributed by atoms with Crippen molar-refractivity contribution in [2.75, 3.05) is 7.11 Å². The van der Waals surface area contributed by atoms with Crippen LogP contribution >= 0.6 is 0 Å². The first-order chi connectivity index (χ1) is 7.99. The highest BCUT2D eigenvalue weighted by atomic mass is 16.5. The summed E-state index contributed by atoms with van der Waals surface area (Å²) in [6.07, 6.45) is 1.96. The first-order valence-corrected chi connectivity index (χ1v) is 5.22. The molecule has 1 aliphatic rings. The summed E-state index contributed by atoms with van der Waals surface area (Å²) in [5.41, 5.74) is -0.432. The molecule has 0 unspecified atom stereocenters. The molecule has 6 nitrogen and oxygen atoms in total. The third kappa shape index (κ3) is 1.69. The molecule has 0 saturated heterocycles. The van der Waals surface area contributed by atoms with Gasteiger partial charge in [0.1, 0.15) is 5.76 Å². The van der Waals surface area contributed by atoms with Gasteiger partial charge in [-0.3, -0.25) is 9.59 Å². The smallest absolute Gasteiger partial charge is 0.310 e. The van der Waals surface area contributed by atoms with Crippen LogP contribution in [0.4, 0.5) is 0 Å². The van der Waals surface area contributed by atoms with Crippen LogP contribution in [0.15, 0.2) is 10.7 Å². The van der Waals surface area contributed by atoms with E-state index in [1.54, 1.807) is 0 Å². The van der Waals surface area contributed by atoms with Gasteiger partial charge in [0.05, 0.1) is 24.6 Å². The van der Waals surface area contributed by atoms with Gasteiger partial charge in [-0.1, -0.05) is 5.16 Å². The molecule has 0 aliphatic heterocycles. The van der Waals surface area contributed by atoms with E-state index >= 15 is 0 Å². The van der Waals surface area contributed by atoms with Gasteiger partial charge in [-0.15, -0.1) is 0 Å². The highest BCUT2D eigenvalue weighted by molar-refractivity contribution is 5.85. The van der Waals surface area contributed by atoms with E-state index in [9.17, 15) is 14.7 Å². The molecule has 1 aromatic rings. The third-order valence-electron chi connectivity index (χ3n) is 3.42. The summed E-state index contributed by atoms with van der Waals surface area (Å²) < 4.78 is 9.67. The molecule has 1 N–H and O–H groups in total. The van der Waals surface area contributed by atoms with E-state index in [1.165, 1.54) is 20.2 Å². The van der Waals surface area contributed by atoms with Crippen LogP contribution in [0.1, 0.15) is 18.2 Å². The standard InChI is InChI=1S/C11H13NO5/c1-11(10(14)15)4-8-6(5-12-17-8)3-7(11)9(13)16-2/h5,7H,3-4H2,1-2H3,(H,14,15)/t7-,11+/m0/s1.